The lowest BCUT2D eigenvalue weighted by molar-refractivity contribution is -0.138. The third-order valence-electron chi connectivity index (χ3n) is 3.48. The van der Waals surface area contributed by atoms with Crippen molar-refractivity contribution in [2.45, 2.75) is 37.4 Å². The first kappa shape index (κ1) is 10.7. The van der Waals surface area contributed by atoms with Gasteiger partial charge in [-0.2, -0.15) is 0 Å². The Bertz CT molecular complexity index is 249. The SMILES string of the molecule is N=C(N)N1CCC2(CC1)C[C@H](O)CCO2. The molecule has 2 rings (SSSR count). The molecule has 0 saturated carbocycles. The molecular formula is C10H19N3O2. The lowest BCUT2D eigenvalue weighted by Gasteiger charge is -2.45. The number of rotatable bonds is 0. The van der Waals surface area contributed by atoms with Gasteiger partial charge in [0.2, 0.25) is 0 Å². The van der Waals surface area contributed by atoms with E-state index in [0.717, 1.165) is 38.8 Å². The highest BCUT2D eigenvalue weighted by molar-refractivity contribution is 5.74. The van der Waals surface area contributed by atoms with E-state index in [2.05, 4.69) is 0 Å². The van der Waals surface area contributed by atoms with Gasteiger partial charge in [-0.25, -0.2) is 0 Å². The van der Waals surface area contributed by atoms with Crippen LogP contribution in [0.25, 0.3) is 0 Å². The zero-order valence-corrected chi connectivity index (χ0v) is 8.91. The van der Waals surface area contributed by atoms with Gasteiger partial charge in [-0.1, -0.05) is 0 Å². The molecule has 15 heavy (non-hydrogen) atoms. The van der Waals surface area contributed by atoms with Gasteiger partial charge < -0.3 is 20.5 Å². The summed E-state index contributed by atoms with van der Waals surface area (Å²) in [4.78, 5) is 1.86. The molecule has 5 nitrogen and oxygen atoms in total. The minimum Gasteiger partial charge on any atom is -0.393 e. The average molecular weight is 213 g/mol. The van der Waals surface area contributed by atoms with Gasteiger partial charge in [0.05, 0.1) is 11.7 Å². The molecule has 2 aliphatic heterocycles. The van der Waals surface area contributed by atoms with Crippen molar-refractivity contribution in [1.82, 2.24) is 4.90 Å². The molecule has 4 N–H and O–H groups in total. The molecule has 2 heterocycles. The van der Waals surface area contributed by atoms with E-state index in [1.807, 2.05) is 4.90 Å². The van der Waals surface area contributed by atoms with Gasteiger partial charge in [0.15, 0.2) is 5.96 Å². The van der Waals surface area contributed by atoms with Gasteiger partial charge >= 0.3 is 0 Å². The molecule has 86 valence electrons. The van der Waals surface area contributed by atoms with Gasteiger partial charge in [0.1, 0.15) is 0 Å². The molecule has 2 aliphatic rings. The first-order valence-electron chi connectivity index (χ1n) is 5.52. The topological polar surface area (TPSA) is 82.6 Å². The largest absolute Gasteiger partial charge is 0.393 e. The second kappa shape index (κ2) is 3.98. The standard InChI is InChI=1S/C10H19N3O2/c11-9(12)13-4-2-10(3-5-13)7-8(14)1-6-15-10/h8,14H,1-7H2,(H3,11,12)/t8-/m1/s1. The van der Waals surface area contributed by atoms with E-state index in [4.69, 9.17) is 15.9 Å². The van der Waals surface area contributed by atoms with Gasteiger partial charge in [0.25, 0.3) is 0 Å². The lowest BCUT2D eigenvalue weighted by atomic mass is 9.83. The van der Waals surface area contributed by atoms with E-state index in [1.54, 1.807) is 0 Å². The molecule has 1 atom stereocenters. The summed E-state index contributed by atoms with van der Waals surface area (Å²) in [6.45, 7) is 2.19. The third kappa shape index (κ3) is 2.23. The fraction of sp³-hybridized carbons (Fsp3) is 0.900. The van der Waals surface area contributed by atoms with Crippen LogP contribution in [0.15, 0.2) is 0 Å². The molecule has 0 aromatic rings. The Hall–Kier alpha value is -0.810. The molecule has 0 aromatic heterocycles. The van der Waals surface area contributed by atoms with Crippen LogP contribution in [-0.4, -0.2) is 47.4 Å². The Labute approximate surface area is 89.7 Å². The maximum atomic E-state index is 9.64. The summed E-state index contributed by atoms with van der Waals surface area (Å²) in [5, 5.41) is 17.0. The van der Waals surface area contributed by atoms with Gasteiger partial charge in [0, 0.05) is 26.1 Å². The predicted molar refractivity (Wildman–Crippen MR) is 56.6 cm³/mol. The van der Waals surface area contributed by atoms with Crippen LogP contribution in [0.5, 0.6) is 0 Å². The highest BCUT2D eigenvalue weighted by atomic mass is 16.5. The zero-order valence-electron chi connectivity index (χ0n) is 8.91. The number of piperidine rings is 1. The first-order valence-corrected chi connectivity index (χ1v) is 5.52. The molecule has 0 aliphatic carbocycles. The van der Waals surface area contributed by atoms with Crippen molar-refractivity contribution in [3.05, 3.63) is 0 Å². The van der Waals surface area contributed by atoms with Gasteiger partial charge in [-0.05, 0) is 19.3 Å². The van der Waals surface area contributed by atoms with Crippen molar-refractivity contribution in [2.24, 2.45) is 5.73 Å². The van der Waals surface area contributed by atoms with E-state index in [9.17, 15) is 5.11 Å². The number of hydrogen-bond acceptors (Lipinski definition) is 3. The van der Waals surface area contributed by atoms with E-state index in [0.29, 0.717) is 6.61 Å². The highest BCUT2D eigenvalue weighted by Crippen LogP contribution is 2.34. The smallest absolute Gasteiger partial charge is 0.188 e. The van der Waals surface area contributed by atoms with Crippen LogP contribution in [-0.2, 0) is 4.74 Å². The normalized spacial score (nSPS) is 30.5. The summed E-state index contributed by atoms with van der Waals surface area (Å²) < 4.78 is 5.81. The quantitative estimate of drug-likeness (QED) is 0.387. The summed E-state index contributed by atoms with van der Waals surface area (Å²) >= 11 is 0. The molecule has 5 heteroatoms. The Morgan fingerprint density at radius 3 is 2.67 bits per heavy atom. The first-order chi connectivity index (χ1) is 7.11. The molecule has 2 saturated heterocycles. The van der Waals surface area contributed by atoms with E-state index in [-0.39, 0.29) is 17.7 Å². The van der Waals surface area contributed by atoms with Crippen LogP contribution < -0.4 is 5.73 Å². The molecule has 0 amide bonds. The average Bonchev–Trinajstić information content (AvgIpc) is 2.18. The van der Waals surface area contributed by atoms with E-state index >= 15 is 0 Å². The van der Waals surface area contributed by atoms with E-state index < -0.39 is 0 Å². The number of nitrogens with zero attached hydrogens (tertiary/aromatic N) is 1. The van der Waals surface area contributed by atoms with Crippen molar-refractivity contribution >= 4 is 5.96 Å². The minimum absolute atomic E-state index is 0.140. The Morgan fingerprint density at radius 2 is 2.13 bits per heavy atom. The number of guanidine groups is 1. The van der Waals surface area contributed by atoms with E-state index in [1.165, 1.54) is 0 Å². The fourth-order valence-corrected chi connectivity index (χ4v) is 2.51. The molecular weight excluding hydrogens is 194 g/mol. The van der Waals surface area contributed by atoms with Gasteiger partial charge in [-0.15, -0.1) is 0 Å². The second-order valence-electron chi connectivity index (χ2n) is 4.55. The van der Waals surface area contributed by atoms with Crippen molar-refractivity contribution in [3.63, 3.8) is 0 Å². The molecule has 0 aromatic carbocycles. The van der Waals surface area contributed by atoms with Crippen LogP contribution >= 0.6 is 0 Å². The summed E-state index contributed by atoms with van der Waals surface area (Å²) in [7, 11) is 0. The summed E-state index contributed by atoms with van der Waals surface area (Å²) in [5.41, 5.74) is 5.28. The maximum absolute atomic E-state index is 9.64. The number of aliphatic hydroxyl groups is 1. The number of nitrogens with two attached hydrogens (primary N) is 1. The second-order valence-corrected chi connectivity index (χ2v) is 4.55. The zero-order chi connectivity index (χ0) is 10.9. The molecule has 0 radical (unpaired) electrons. The molecule has 2 fully saturated rings. The lowest BCUT2D eigenvalue weighted by Crippen LogP contribution is -2.52. The molecule has 0 bridgehead atoms. The van der Waals surface area contributed by atoms with Crippen molar-refractivity contribution in [2.75, 3.05) is 19.7 Å². The van der Waals surface area contributed by atoms with Crippen LogP contribution in [0.4, 0.5) is 0 Å². The van der Waals surface area contributed by atoms with Crippen LogP contribution in [0.1, 0.15) is 25.7 Å². The number of aliphatic hydroxyl groups excluding tert-OH is 1. The number of ether oxygens (including phenoxy) is 1. The Balaban J connectivity index is 1.93. The van der Waals surface area contributed by atoms with Crippen molar-refractivity contribution < 1.29 is 9.84 Å². The minimum atomic E-state index is -0.220. The van der Waals surface area contributed by atoms with Crippen LogP contribution in [0.2, 0.25) is 0 Å². The number of hydrogen-bond donors (Lipinski definition) is 3. The Kier molecular flexibility index (Phi) is 2.84. The molecule has 0 unspecified atom stereocenters. The monoisotopic (exact) mass is 213 g/mol. The summed E-state index contributed by atoms with van der Waals surface area (Å²) in [6.07, 6.45) is 2.99. The van der Waals surface area contributed by atoms with Crippen molar-refractivity contribution in [3.8, 4) is 0 Å². The Morgan fingerprint density at radius 1 is 1.47 bits per heavy atom. The molecule has 1 spiro atoms. The summed E-state index contributed by atoms with van der Waals surface area (Å²) in [5.74, 6) is 0.140. The number of likely N-dealkylation sites (tertiary alicyclic amines) is 1. The van der Waals surface area contributed by atoms with Crippen LogP contribution in [0, 0.1) is 5.41 Å². The van der Waals surface area contributed by atoms with Crippen molar-refractivity contribution in [1.29, 1.82) is 5.41 Å². The maximum Gasteiger partial charge on any atom is 0.188 e. The predicted octanol–water partition coefficient (Wildman–Crippen LogP) is -0.114. The highest BCUT2D eigenvalue weighted by Gasteiger charge is 2.39. The van der Waals surface area contributed by atoms with Gasteiger partial charge in [-0.3, -0.25) is 5.41 Å². The van der Waals surface area contributed by atoms with Crippen LogP contribution in [0.3, 0.4) is 0 Å². The third-order valence-corrected chi connectivity index (χ3v) is 3.48. The fourth-order valence-electron chi connectivity index (χ4n) is 2.51. The number of nitrogens with one attached hydrogen (secondary N) is 1. The summed E-state index contributed by atoms with van der Waals surface area (Å²) in [6, 6.07) is 0.